The predicted octanol–water partition coefficient (Wildman–Crippen LogP) is 5.18. The molecule has 0 atom stereocenters. The van der Waals surface area contributed by atoms with Gasteiger partial charge in [-0.25, -0.2) is 10.8 Å². The topological polar surface area (TPSA) is 0 Å². The van der Waals surface area contributed by atoms with Crippen LogP contribution in [-0.4, -0.2) is 0 Å². The van der Waals surface area contributed by atoms with Gasteiger partial charge in [0.05, 0.1) is 0 Å². The molecule has 21 heavy (non-hydrogen) atoms. The number of hydrogen-bond acceptors (Lipinski definition) is 0. The molecule has 0 unspecified atom stereocenters. The van der Waals surface area contributed by atoms with Gasteiger partial charge in [0, 0.05) is 0 Å². The van der Waals surface area contributed by atoms with Gasteiger partial charge in [0.1, 0.15) is 0 Å². The second kappa shape index (κ2) is 9.90. The Hall–Kier alpha value is -0.00571. The molecule has 0 amide bonds. The van der Waals surface area contributed by atoms with E-state index in [1.54, 1.807) is 0 Å². The Balaban J connectivity index is 0.000000322. The molecule has 2 aromatic carbocycles. The first-order valence-electron chi connectivity index (χ1n) is 6.38. The molecular formula is C18H18Cl2Ti-10. The van der Waals surface area contributed by atoms with Crippen LogP contribution >= 0.6 is 18.6 Å². The first kappa shape index (κ1) is 21.0. The molecule has 0 fully saturated rings. The Labute approximate surface area is 147 Å². The van der Waals surface area contributed by atoms with Crippen molar-refractivity contribution >= 4 is 18.6 Å². The molecule has 2 rings (SSSR count). The molecule has 0 spiro atoms. The van der Waals surface area contributed by atoms with Crippen molar-refractivity contribution in [2.75, 3.05) is 0 Å². The standard InChI is InChI=1S/2C9H9.2ClH.Ti/c2*1-9(2,3)8-6-4-5-7-8;;;/h2*1-3H3;2*1H;/q2*-5;;;+2/p-2. The molecular weight excluding hydrogens is 335 g/mol. The van der Waals surface area contributed by atoms with E-state index in [2.05, 4.69) is 90.1 Å². The van der Waals surface area contributed by atoms with Gasteiger partial charge >= 0.3 is 35.6 Å². The van der Waals surface area contributed by atoms with Crippen molar-refractivity contribution in [3.8, 4) is 0 Å². The first-order chi connectivity index (χ1) is 9.62. The maximum atomic E-state index is 4.89. The van der Waals surface area contributed by atoms with Gasteiger partial charge in [-0.1, -0.05) is 41.5 Å². The van der Waals surface area contributed by atoms with Gasteiger partial charge in [0.25, 0.3) is 0 Å². The molecule has 0 aliphatic rings. The zero-order valence-electron chi connectivity index (χ0n) is 13.3. The van der Waals surface area contributed by atoms with E-state index < -0.39 is 17.0 Å². The zero-order chi connectivity index (χ0) is 16.5. The molecule has 0 N–H and O–H groups in total. The summed E-state index contributed by atoms with van der Waals surface area (Å²) in [6.07, 6.45) is 0. The second-order valence-corrected chi connectivity index (χ2v) is 8.90. The van der Waals surface area contributed by atoms with Crippen LogP contribution in [0.25, 0.3) is 0 Å². The quantitative estimate of drug-likeness (QED) is 0.452. The summed E-state index contributed by atoms with van der Waals surface area (Å²) in [5.74, 6) is 0. The van der Waals surface area contributed by atoms with E-state index in [0.717, 1.165) is 11.1 Å². The first-order valence-corrected chi connectivity index (χ1v) is 10.7. The number of halogens is 2. The van der Waals surface area contributed by atoms with Crippen molar-refractivity contribution < 1.29 is 17.0 Å². The van der Waals surface area contributed by atoms with Crippen LogP contribution in [0.3, 0.4) is 0 Å². The van der Waals surface area contributed by atoms with Crippen LogP contribution < -0.4 is 0 Å². The van der Waals surface area contributed by atoms with Gasteiger partial charge in [-0.2, -0.15) is 0 Å². The molecule has 0 aliphatic carbocycles. The van der Waals surface area contributed by atoms with Crippen molar-refractivity contribution in [3.63, 3.8) is 0 Å². The monoisotopic (exact) mass is 352 g/mol. The summed E-state index contributed by atoms with van der Waals surface area (Å²) in [5, 5.41) is 0. The summed E-state index contributed by atoms with van der Waals surface area (Å²) in [5.41, 5.74) is 2.41. The van der Waals surface area contributed by atoms with Crippen LogP contribution in [0.4, 0.5) is 0 Å². The molecule has 0 saturated heterocycles. The molecule has 0 aliphatic heterocycles. The van der Waals surface area contributed by atoms with E-state index in [-0.39, 0.29) is 10.8 Å². The fraction of sp³-hybridized carbons (Fsp3) is 0.444. The maximum absolute atomic E-state index is 4.89. The minimum atomic E-state index is -0.556. The fourth-order valence-corrected chi connectivity index (χ4v) is 1.19. The summed E-state index contributed by atoms with van der Waals surface area (Å²) >= 11 is -0.556. The molecule has 0 heterocycles. The Morgan fingerprint density at radius 3 is 0.905 bits per heavy atom. The molecule has 3 heteroatoms. The third-order valence-corrected chi connectivity index (χ3v) is 2.38. The van der Waals surface area contributed by atoms with Crippen LogP contribution in [0.15, 0.2) is 0 Å². The molecule has 2 aromatic rings. The van der Waals surface area contributed by atoms with Gasteiger partial charge in [-0.3, -0.25) is 0 Å². The third-order valence-electron chi connectivity index (χ3n) is 2.38. The van der Waals surface area contributed by atoms with Crippen LogP contribution in [0.2, 0.25) is 0 Å². The van der Waals surface area contributed by atoms with Crippen molar-refractivity contribution in [1.82, 2.24) is 0 Å². The Bertz CT molecular complexity index is 398. The normalized spacial score (nSPS) is 10.9. The van der Waals surface area contributed by atoms with Crippen LogP contribution in [0, 0.1) is 48.5 Å². The molecule has 0 radical (unpaired) electrons. The van der Waals surface area contributed by atoms with Crippen LogP contribution in [-0.2, 0) is 27.9 Å². The van der Waals surface area contributed by atoms with Gasteiger partial charge in [0.15, 0.2) is 0 Å². The van der Waals surface area contributed by atoms with Crippen molar-refractivity contribution in [2.24, 2.45) is 0 Å². The van der Waals surface area contributed by atoms with Crippen LogP contribution in [0.1, 0.15) is 52.7 Å². The van der Waals surface area contributed by atoms with E-state index in [9.17, 15) is 0 Å². The average Bonchev–Trinajstić information content (AvgIpc) is 3.03. The minimum absolute atomic E-state index is 0.149. The molecule has 118 valence electrons. The van der Waals surface area contributed by atoms with Gasteiger partial charge in [-0.15, -0.1) is 0 Å². The molecule has 0 aromatic heterocycles. The summed E-state index contributed by atoms with van der Waals surface area (Å²) in [6.45, 7) is 12.7. The van der Waals surface area contributed by atoms with E-state index >= 15 is 0 Å². The van der Waals surface area contributed by atoms with Crippen molar-refractivity contribution in [1.29, 1.82) is 0 Å². The van der Waals surface area contributed by atoms with E-state index in [4.69, 9.17) is 18.6 Å². The Kier molecular flexibility index (Phi) is 9.90. The molecule has 0 bridgehead atoms. The summed E-state index contributed by atoms with van der Waals surface area (Å²) in [6, 6.07) is 22.7. The van der Waals surface area contributed by atoms with E-state index in [1.807, 2.05) is 0 Å². The van der Waals surface area contributed by atoms with Gasteiger partial charge in [-0.05, 0) is 0 Å². The van der Waals surface area contributed by atoms with Crippen LogP contribution in [0.5, 0.6) is 0 Å². The summed E-state index contributed by atoms with van der Waals surface area (Å²) < 4.78 is 0. The van der Waals surface area contributed by atoms with Gasteiger partial charge in [0.2, 0.25) is 0 Å². The van der Waals surface area contributed by atoms with Crippen molar-refractivity contribution in [3.05, 3.63) is 59.7 Å². The zero-order valence-corrected chi connectivity index (χ0v) is 16.3. The summed E-state index contributed by atoms with van der Waals surface area (Å²) in [4.78, 5) is 0. The van der Waals surface area contributed by atoms with Gasteiger partial charge < -0.3 is 59.7 Å². The summed E-state index contributed by atoms with van der Waals surface area (Å²) in [7, 11) is 9.78. The van der Waals surface area contributed by atoms with Crippen molar-refractivity contribution in [2.45, 2.75) is 52.4 Å². The number of hydrogen-bond donors (Lipinski definition) is 0. The van der Waals surface area contributed by atoms with E-state index in [0.29, 0.717) is 0 Å². The fourth-order valence-electron chi connectivity index (χ4n) is 1.19. The SMILES string of the molecule is CC(C)(C)[c-]1[c-][c-][c-][c-]1.CC(C)(C)[c-]1[c-][c-][c-][c-]1.[Cl][Ti][Cl]. The third kappa shape index (κ3) is 9.58. The second-order valence-electron chi connectivity index (χ2n) is 6.32. The molecule has 0 nitrogen and oxygen atoms in total. The average molecular weight is 353 g/mol. The number of rotatable bonds is 0. The van der Waals surface area contributed by atoms with E-state index in [1.165, 1.54) is 0 Å². The predicted molar refractivity (Wildman–Crippen MR) is 83.9 cm³/mol. The Morgan fingerprint density at radius 2 is 0.810 bits per heavy atom. The molecule has 0 saturated carbocycles. The Morgan fingerprint density at radius 1 is 0.619 bits per heavy atom.